The number of nitriles is 1. The molecule has 0 saturated carbocycles. The highest BCUT2D eigenvalue weighted by Gasteiger charge is 2.31. The van der Waals surface area contributed by atoms with Gasteiger partial charge in [0.2, 0.25) is 0 Å². The highest BCUT2D eigenvalue weighted by molar-refractivity contribution is 5.86. The molecule has 1 fully saturated rings. The Morgan fingerprint density at radius 2 is 2.21 bits per heavy atom. The van der Waals surface area contributed by atoms with Gasteiger partial charge in [-0.3, -0.25) is 14.6 Å². The minimum atomic E-state index is -0.0975. The number of H-pyrrole nitrogens is 1. The molecule has 0 amide bonds. The van der Waals surface area contributed by atoms with Crippen molar-refractivity contribution in [3.63, 3.8) is 0 Å². The van der Waals surface area contributed by atoms with Gasteiger partial charge in [0, 0.05) is 31.4 Å². The largest absolute Gasteiger partial charge is 0.369 e. The number of rotatable bonds is 2. The zero-order chi connectivity index (χ0) is 19.3. The lowest BCUT2D eigenvalue weighted by atomic mass is 9.93. The minimum Gasteiger partial charge on any atom is -0.369 e. The first-order valence-electron chi connectivity index (χ1n) is 9.50. The molecule has 5 rings (SSSR count). The first-order chi connectivity index (χ1) is 13.7. The molecule has 2 aliphatic heterocycles. The fourth-order valence-corrected chi connectivity index (χ4v) is 4.30. The number of hydrogen-bond donors (Lipinski definition) is 2. The van der Waals surface area contributed by atoms with Crippen LogP contribution in [0.3, 0.4) is 0 Å². The van der Waals surface area contributed by atoms with Crippen LogP contribution in [0.4, 0.5) is 11.6 Å². The number of aromatic amines is 1. The number of hydrogen-bond acceptors (Lipinski definition) is 7. The van der Waals surface area contributed by atoms with Crippen LogP contribution in [-0.4, -0.2) is 44.6 Å². The van der Waals surface area contributed by atoms with Crippen molar-refractivity contribution in [1.82, 2.24) is 25.0 Å². The van der Waals surface area contributed by atoms with E-state index in [1.165, 1.54) is 0 Å². The standard InChI is InChI=1S/C19H20N8O/c1-11-5-7-26(16-3-2-12(8-20)23-24-16)10-15(11)27-17-13-4-6-21-18(13)22-9-14(17)19(28)25-27/h2-3,9,11,15H,4-7,10H2,1H3,(H,21,22)(H,25,28)/t11-,15+/m1/s1. The minimum absolute atomic E-state index is 0.0975. The van der Waals surface area contributed by atoms with Gasteiger partial charge in [-0.15, -0.1) is 10.2 Å². The van der Waals surface area contributed by atoms with Crippen LogP contribution in [0.2, 0.25) is 0 Å². The third-order valence-electron chi connectivity index (χ3n) is 5.86. The Morgan fingerprint density at radius 1 is 1.32 bits per heavy atom. The van der Waals surface area contributed by atoms with Gasteiger partial charge in [-0.1, -0.05) is 6.92 Å². The van der Waals surface area contributed by atoms with Gasteiger partial charge < -0.3 is 10.2 Å². The fraction of sp³-hybridized carbons (Fsp3) is 0.421. The van der Waals surface area contributed by atoms with Gasteiger partial charge in [-0.25, -0.2) is 4.98 Å². The third-order valence-corrected chi connectivity index (χ3v) is 5.86. The van der Waals surface area contributed by atoms with Crippen LogP contribution in [0.5, 0.6) is 0 Å². The second-order valence-electron chi connectivity index (χ2n) is 7.50. The normalized spacial score (nSPS) is 21.4. The molecule has 3 aromatic heterocycles. The van der Waals surface area contributed by atoms with Gasteiger partial charge >= 0.3 is 0 Å². The molecular formula is C19H20N8O. The number of aromatic nitrogens is 5. The second-order valence-corrected chi connectivity index (χ2v) is 7.50. The summed E-state index contributed by atoms with van der Waals surface area (Å²) in [7, 11) is 0. The molecule has 0 aromatic carbocycles. The van der Waals surface area contributed by atoms with Gasteiger partial charge in [0.25, 0.3) is 5.56 Å². The van der Waals surface area contributed by atoms with Gasteiger partial charge in [-0.05, 0) is 30.9 Å². The van der Waals surface area contributed by atoms with Crippen molar-refractivity contribution in [2.75, 3.05) is 29.9 Å². The Labute approximate surface area is 161 Å². The average molecular weight is 376 g/mol. The Bertz CT molecular complexity index is 1140. The molecule has 9 nitrogen and oxygen atoms in total. The van der Waals surface area contributed by atoms with Crippen molar-refractivity contribution in [3.8, 4) is 6.07 Å². The molecule has 0 unspecified atom stereocenters. The molecule has 28 heavy (non-hydrogen) atoms. The lowest BCUT2D eigenvalue weighted by Crippen LogP contribution is -2.42. The molecule has 3 aromatic rings. The number of fused-ring (bicyclic) bond motifs is 3. The van der Waals surface area contributed by atoms with E-state index < -0.39 is 0 Å². The molecule has 0 aliphatic carbocycles. The number of pyridine rings is 1. The predicted molar refractivity (Wildman–Crippen MR) is 104 cm³/mol. The lowest BCUT2D eigenvalue weighted by Gasteiger charge is -2.38. The van der Waals surface area contributed by atoms with E-state index in [1.807, 2.05) is 16.8 Å². The van der Waals surface area contributed by atoms with Gasteiger partial charge in [0.1, 0.15) is 11.9 Å². The zero-order valence-electron chi connectivity index (χ0n) is 15.5. The molecule has 142 valence electrons. The maximum atomic E-state index is 12.6. The number of nitrogens with one attached hydrogen (secondary N) is 2. The van der Waals surface area contributed by atoms with Crippen molar-refractivity contribution in [3.05, 3.63) is 39.9 Å². The molecule has 0 bridgehead atoms. The van der Waals surface area contributed by atoms with Crippen LogP contribution in [0.15, 0.2) is 23.1 Å². The maximum Gasteiger partial charge on any atom is 0.273 e. The lowest BCUT2D eigenvalue weighted by molar-refractivity contribution is 0.283. The van der Waals surface area contributed by atoms with Crippen molar-refractivity contribution in [2.45, 2.75) is 25.8 Å². The summed E-state index contributed by atoms with van der Waals surface area (Å²) in [6.07, 6.45) is 3.50. The third kappa shape index (κ3) is 2.52. The van der Waals surface area contributed by atoms with E-state index in [1.54, 1.807) is 12.3 Å². The average Bonchev–Trinajstić information content (AvgIpc) is 3.33. The van der Waals surface area contributed by atoms with Crippen LogP contribution >= 0.6 is 0 Å². The summed E-state index contributed by atoms with van der Waals surface area (Å²) in [6, 6.07) is 5.62. The second kappa shape index (κ2) is 6.34. The maximum absolute atomic E-state index is 12.6. The zero-order valence-corrected chi connectivity index (χ0v) is 15.5. The first-order valence-corrected chi connectivity index (χ1v) is 9.50. The number of anilines is 2. The fourth-order valence-electron chi connectivity index (χ4n) is 4.30. The molecule has 0 spiro atoms. The summed E-state index contributed by atoms with van der Waals surface area (Å²) < 4.78 is 2.04. The first kappa shape index (κ1) is 16.7. The Kier molecular flexibility index (Phi) is 3.79. The highest BCUT2D eigenvalue weighted by atomic mass is 16.1. The Hall–Kier alpha value is -3.41. The predicted octanol–water partition coefficient (Wildman–Crippen LogP) is 1.44. The van der Waals surface area contributed by atoms with Crippen LogP contribution < -0.4 is 15.8 Å². The van der Waals surface area contributed by atoms with E-state index in [9.17, 15) is 4.79 Å². The summed E-state index contributed by atoms with van der Waals surface area (Å²) in [6.45, 7) is 4.64. The van der Waals surface area contributed by atoms with E-state index in [0.29, 0.717) is 23.5 Å². The van der Waals surface area contributed by atoms with Crippen molar-refractivity contribution >= 4 is 22.5 Å². The number of piperidine rings is 1. The summed E-state index contributed by atoms with van der Waals surface area (Å²) in [5, 5.41) is 24.1. The SMILES string of the molecule is C[C@@H]1CCN(c2ccc(C#N)nn2)C[C@@H]1n1[nH]c(=O)c2cnc3c(c21)CCN3. The van der Waals surface area contributed by atoms with E-state index in [4.69, 9.17) is 5.26 Å². The molecule has 2 aliphatic rings. The van der Waals surface area contributed by atoms with Crippen molar-refractivity contribution < 1.29 is 0 Å². The molecule has 2 N–H and O–H groups in total. The molecule has 5 heterocycles. The number of nitrogens with zero attached hydrogens (tertiary/aromatic N) is 6. The van der Waals surface area contributed by atoms with Crippen molar-refractivity contribution in [2.24, 2.45) is 5.92 Å². The van der Waals surface area contributed by atoms with Crippen LogP contribution in [0.1, 0.15) is 30.6 Å². The summed E-state index contributed by atoms with van der Waals surface area (Å²) >= 11 is 0. The van der Waals surface area contributed by atoms with Crippen LogP contribution in [-0.2, 0) is 6.42 Å². The molecule has 1 saturated heterocycles. The molecule has 0 radical (unpaired) electrons. The topological polar surface area (TPSA) is 116 Å². The summed E-state index contributed by atoms with van der Waals surface area (Å²) in [5.41, 5.74) is 2.28. The Morgan fingerprint density at radius 3 is 3.00 bits per heavy atom. The smallest absolute Gasteiger partial charge is 0.273 e. The van der Waals surface area contributed by atoms with E-state index in [-0.39, 0.29) is 11.6 Å². The molecular weight excluding hydrogens is 356 g/mol. The van der Waals surface area contributed by atoms with Crippen molar-refractivity contribution in [1.29, 1.82) is 5.26 Å². The molecule has 2 atom stereocenters. The van der Waals surface area contributed by atoms with Crippen LogP contribution in [0, 0.1) is 17.2 Å². The van der Waals surface area contributed by atoms with E-state index >= 15 is 0 Å². The Balaban J connectivity index is 1.55. The quantitative estimate of drug-likeness (QED) is 0.695. The molecule has 9 heteroatoms. The van der Waals surface area contributed by atoms with Gasteiger partial charge in [-0.2, -0.15) is 5.26 Å². The van der Waals surface area contributed by atoms with Crippen LogP contribution in [0.25, 0.3) is 10.9 Å². The van der Waals surface area contributed by atoms with E-state index in [0.717, 1.165) is 48.6 Å². The van der Waals surface area contributed by atoms with E-state index in [2.05, 4.69) is 37.4 Å². The highest BCUT2D eigenvalue weighted by Crippen LogP contribution is 2.34. The monoisotopic (exact) mass is 376 g/mol. The summed E-state index contributed by atoms with van der Waals surface area (Å²) in [5.74, 6) is 2.02. The summed E-state index contributed by atoms with van der Waals surface area (Å²) in [4.78, 5) is 19.1. The van der Waals surface area contributed by atoms with Gasteiger partial charge in [0.05, 0.1) is 16.9 Å². The van der Waals surface area contributed by atoms with Gasteiger partial charge in [0.15, 0.2) is 11.5 Å².